The fraction of sp³-hybridized carbons (Fsp3) is 0.700. The van der Waals surface area contributed by atoms with E-state index in [1.165, 1.54) is 70.2 Å². The van der Waals surface area contributed by atoms with Crippen molar-refractivity contribution < 1.29 is 4.52 Å². The molecule has 2 aliphatic rings. The largest absolute Gasteiger partial charge is 0.360 e. The first-order chi connectivity index (χ1) is 12.4. The normalized spacial score (nSPS) is 21.0. The van der Waals surface area contributed by atoms with Crippen molar-refractivity contribution in [3.05, 3.63) is 36.0 Å². The van der Waals surface area contributed by atoms with Gasteiger partial charge >= 0.3 is 0 Å². The Morgan fingerprint density at radius 2 is 1.92 bits per heavy atom. The average molecular weight is 342 g/mol. The van der Waals surface area contributed by atoms with Crippen molar-refractivity contribution in [2.45, 2.75) is 70.4 Å². The number of aromatic nitrogens is 3. The molecule has 136 valence electrons. The lowest BCUT2D eigenvalue weighted by atomic mass is 9.87. The van der Waals surface area contributed by atoms with Gasteiger partial charge in [0.15, 0.2) is 5.76 Å². The molecule has 1 saturated heterocycles. The van der Waals surface area contributed by atoms with Crippen LogP contribution in [-0.2, 0) is 13.1 Å². The van der Waals surface area contributed by atoms with E-state index in [-0.39, 0.29) is 0 Å². The summed E-state index contributed by atoms with van der Waals surface area (Å²) in [6, 6.07) is 4.22. The number of piperidine rings is 1. The van der Waals surface area contributed by atoms with Crippen LogP contribution in [0.3, 0.4) is 0 Å². The quantitative estimate of drug-likeness (QED) is 0.788. The monoisotopic (exact) mass is 342 g/mol. The lowest BCUT2D eigenvalue weighted by Crippen LogP contribution is -2.33. The molecule has 2 aromatic rings. The van der Waals surface area contributed by atoms with E-state index in [0.717, 1.165) is 24.8 Å². The summed E-state index contributed by atoms with van der Waals surface area (Å²) in [4.78, 5) is 2.52. The molecule has 0 aromatic carbocycles. The molecule has 0 unspecified atom stereocenters. The van der Waals surface area contributed by atoms with Crippen LogP contribution in [0.4, 0.5) is 0 Å². The fourth-order valence-corrected chi connectivity index (χ4v) is 4.40. The third-order valence-corrected chi connectivity index (χ3v) is 6.01. The van der Waals surface area contributed by atoms with E-state index in [1.807, 2.05) is 16.9 Å². The first-order valence-corrected chi connectivity index (χ1v) is 10.0. The summed E-state index contributed by atoms with van der Waals surface area (Å²) in [5, 5.41) is 8.67. The molecule has 0 N–H and O–H groups in total. The molecule has 5 nitrogen and oxygen atoms in total. The number of rotatable bonds is 6. The molecule has 2 fully saturated rings. The fourth-order valence-electron chi connectivity index (χ4n) is 4.40. The highest BCUT2D eigenvalue weighted by atomic mass is 16.5. The second-order valence-electron chi connectivity index (χ2n) is 7.83. The van der Waals surface area contributed by atoms with Crippen LogP contribution in [-0.4, -0.2) is 32.9 Å². The molecular weight excluding hydrogens is 312 g/mol. The minimum atomic E-state index is 0.638. The highest BCUT2D eigenvalue weighted by Gasteiger charge is 2.22. The van der Waals surface area contributed by atoms with Crippen LogP contribution in [0.5, 0.6) is 0 Å². The molecule has 0 spiro atoms. The highest BCUT2D eigenvalue weighted by Crippen LogP contribution is 2.32. The Morgan fingerprint density at radius 1 is 1.08 bits per heavy atom. The lowest BCUT2D eigenvalue weighted by molar-refractivity contribution is 0.154. The Balaban J connectivity index is 1.21. The summed E-state index contributed by atoms with van der Waals surface area (Å²) in [6.07, 6.45) is 14.4. The van der Waals surface area contributed by atoms with Crippen LogP contribution in [0, 0.1) is 5.92 Å². The molecule has 5 heteroatoms. The SMILES string of the molecule is c1cnn(CCC2CCN(Cc3cc(C4CCCCC4)no3)CC2)c1. The number of aryl methyl sites for hydroxylation is 1. The van der Waals surface area contributed by atoms with Crippen LogP contribution in [0.15, 0.2) is 29.0 Å². The maximum Gasteiger partial charge on any atom is 0.150 e. The van der Waals surface area contributed by atoms with Gasteiger partial charge in [0.2, 0.25) is 0 Å². The van der Waals surface area contributed by atoms with Gasteiger partial charge in [0.25, 0.3) is 0 Å². The van der Waals surface area contributed by atoms with Gasteiger partial charge in [-0.1, -0.05) is 24.4 Å². The molecule has 25 heavy (non-hydrogen) atoms. The van der Waals surface area contributed by atoms with Crippen molar-refractivity contribution >= 4 is 0 Å². The predicted molar refractivity (Wildman–Crippen MR) is 97.2 cm³/mol. The summed E-state index contributed by atoms with van der Waals surface area (Å²) >= 11 is 0. The summed E-state index contributed by atoms with van der Waals surface area (Å²) < 4.78 is 7.69. The third-order valence-electron chi connectivity index (χ3n) is 6.01. The molecule has 0 bridgehead atoms. The van der Waals surface area contributed by atoms with Crippen LogP contribution >= 0.6 is 0 Å². The minimum Gasteiger partial charge on any atom is -0.360 e. The zero-order valence-electron chi connectivity index (χ0n) is 15.1. The Bertz CT molecular complexity index is 622. The van der Waals surface area contributed by atoms with E-state index in [1.54, 1.807) is 0 Å². The average Bonchev–Trinajstić information content (AvgIpc) is 3.34. The topological polar surface area (TPSA) is 47.1 Å². The Hall–Kier alpha value is -1.62. The highest BCUT2D eigenvalue weighted by molar-refractivity contribution is 5.11. The van der Waals surface area contributed by atoms with Crippen molar-refractivity contribution in [1.29, 1.82) is 0 Å². The molecule has 3 heterocycles. The molecule has 0 atom stereocenters. The number of nitrogens with zero attached hydrogens (tertiary/aromatic N) is 4. The van der Waals surface area contributed by atoms with Gasteiger partial charge in [-0.15, -0.1) is 0 Å². The number of hydrogen-bond acceptors (Lipinski definition) is 4. The Labute approximate surface area is 150 Å². The summed E-state index contributed by atoms with van der Waals surface area (Å²) in [6.45, 7) is 4.31. The van der Waals surface area contributed by atoms with Crippen molar-refractivity contribution in [3.63, 3.8) is 0 Å². The minimum absolute atomic E-state index is 0.638. The number of hydrogen-bond donors (Lipinski definition) is 0. The summed E-state index contributed by atoms with van der Waals surface area (Å²) in [5.74, 6) is 2.52. The first kappa shape index (κ1) is 16.8. The molecule has 1 saturated carbocycles. The maximum atomic E-state index is 5.64. The van der Waals surface area contributed by atoms with Gasteiger partial charge in [-0.25, -0.2) is 0 Å². The van der Waals surface area contributed by atoms with E-state index in [9.17, 15) is 0 Å². The third kappa shape index (κ3) is 4.51. The van der Waals surface area contributed by atoms with E-state index in [2.05, 4.69) is 27.4 Å². The van der Waals surface area contributed by atoms with Crippen LogP contribution in [0.25, 0.3) is 0 Å². The second-order valence-corrected chi connectivity index (χ2v) is 7.83. The predicted octanol–water partition coefficient (Wildman–Crippen LogP) is 4.22. The Morgan fingerprint density at radius 3 is 2.68 bits per heavy atom. The van der Waals surface area contributed by atoms with Gasteiger partial charge in [0, 0.05) is 30.9 Å². The molecule has 4 rings (SSSR count). The first-order valence-electron chi connectivity index (χ1n) is 10.0. The smallest absolute Gasteiger partial charge is 0.150 e. The number of likely N-dealkylation sites (tertiary alicyclic amines) is 1. The van der Waals surface area contributed by atoms with Gasteiger partial charge in [-0.3, -0.25) is 9.58 Å². The lowest BCUT2D eigenvalue weighted by Gasteiger charge is -2.31. The molecule has 0 radical (unpaired) electrons. The van der Waals surface area contributed by atoms with Gasteiger partial charge < -0.3 is 4.52 Å². The Kier molecular flexibility index (Phi) is 5.50. The van der Waals surface area contributed by atoms with Crippen molar-refractivity contribution in [2.24, 2.45) is 5.92 Å². The van der Waals surface area contributed by atoms with Gasteiger partial charge in [0.05, 0.1) is 12.2 Å². The molecule has 1 aliphatic carbocycles. The van der Waals surface area contributed by atoms with E-state index >= 15 is 0 Å². The van der Waals surface area contributed by atoms with Gasteiger partial charge in [-0.05, 0) is 57.2 Å². The molecule has 1 aliphatic heterocycles. The second kappa shape index (κ2) is 8.17. The van der Waals surface area contributed by atoms with E-state index in [4.69, 9.17) is 4.52 Å². The maximum absolute atomic E-state index is 5.64. The van der Waals surface area contributed by atoms with Crippen molar-refractivity contribution in [2.75, 3.05) is 13.1 Å². The summed E-state index contributed by atoms with van der Waals surface area (Å²) in [5.41, 5.74) is 1.20. The molecular formula is C20H30N4O. The molecule has 2 aromatic heterocycles. The van der Waals surface area contributed by atoms with Crippen LogP contribution in [0.1, 0.15) is 68.7 Å². The summed E-state index contributed by atoms with van der Waals surface area (Å²) in [7, 11) is 0. The van der Waals surface area contributed by atoms with Gasteiger partial charge in [-0.2, -0.15) is 5.10 Å². The zero-order valence-corrected chi connectivity index (χ0v) is 15.1. The van der Waals surface area contributed by atoms with Gasteiger partial charge in [0.1, 0.15) is 0 Å². The van der Waals surface area contributed by atoms with Crippen molar-refractivity contribution in [1.82, 2.24) is 19.8 Å². The molecule has 0 amide bonds. The zero-order chi connectivity index (χ0) is 16.9. The van der Waals surface area contributed by atoms with E-state index in [0.29, 0.717) is 5.92 Å². The van der Waals surface area contributed by atoms with Crippen LogP contribution in [0.2, 0.25) is 0 Å². The standard InChI is InChI=1S/C20H30N4O/c1-2-5-18(6-3-1)20-15-19(25-22-20)16-23-12-7-17(8-13-23)9-14-24-11-4-10-21-24/h4,10-11,15,17-18H,1-3,5-9,12-14,16H2. The van der Waals surface area contributed by atoms with Crippen LogP contribution < -0.4 is 0 Å². The van der Waals surface area contributed by atoms with Crippen molar-refractivity contribution in [3.8, 4) is 0 Å². The van der Waals surface area contributed by atoms with E-state index < -0.39 is 0 Å².